The Bertz CT molecular complexity index is 758. The average Bonchev–Trinajstić information content (AvgIpc) is 3.26. The third kappa shape index (κ3) is 16.4. The van der Waals surface area contributed by atoms with Gasteiger partial charge in [0.1, 0.15) is 25.5 Å². The van der Waals surface area contributed by atoms with E-state index in [-0.39, 0.29) is 33.6 Å². The first-order valence-corrected chi connectivity index (χ1v) is 14.2. The number of ether oxygens (including phenoxy) is 1. The minimum Gasteiger partial charge on any atom is -0.459 e. The van der Waals surface area contributed by atoms with Gasteiger partial charge >= 0.3 is 6.01 Å². The van der Waals surface area contributed by atoms with E-state index >= 15 is 0 Å². The van der Waals surface area contributed by atoms with Crippen LogP contribution in [0, 0.1) is 0 Å². The standard InChI is InChI=1S/C26H44Cl2N5O.BrH/c1-2-3-4-5-6-7-8-9-10-11-12-13-14-15-16-17-18-32-19-20-33(23-32)21-22-34-26-30-24(27)29-25(28)31-26;/h19-20,23H,2-18,21-22H2,1H3;1H/q+1;. The maximum absolute atomic E-state index is 5.75. The molecule has 2 heterocycles. The van der Waals surface area contributed by atoms with Crippen LogP contribution in [0.1, 0.15) is 110 Å². The van der Waals surface area contributed by atoms with Crippen molar-refractivity contribution in [1.29, 1.82) is 0 Å². The first-order valence-electron chi connectivity index (χ1n) is 13.4. The summed E-state index contributed by atoms with van der Waals surface area (Å²) in [5.74, 6) is 0. The molecule has 0 spiro atoms. The fourth-order valence-corrected chi connectivity index (χ4v) is 4.51. The summed E-state index contributed by atoms with van der Waals surface area (Å²) in [7, 11) is 0. The van der Waals surface area contributed by atoms with Crippen molar-refractivity contribution in [3.8, 4) is 6.01 Å². The number of aryl methyl sites for hydroxylation is 1. The number of hydrogen-bond acceptors (Lipinski definition) is 4. The molecule has 0 aliphatic carbocycles. The average molecular weight is 594 g/mol. The summed E-state index contributed by atoms with van der Waals surface area (Å²) in [5.41, 5.74) is 0. The quantitative estimate of drug-likeness (QED) is 0.108. The molecule has 35 heavy (non-hydrogen) atoms. The molecular weight excluding hydrogens is 549 g/mol. The normalized spacial score (nSPS) is 10.9. The maximum atomic E-state index is 5.75. The molecule has 0 saturated heterocycles. The molecule has 0 N–H and O–H groups in total. The van der Waals surface area contributed by atoms with Gasteiger partial charge in [-0.3, -0.25) is 0 Å². The summed E-state index contributed by atoms with van der Waals surface area (Å²) < 4.78 is 9.84. The molecular formula is C26H45BrCl2N5O+. The van der Waals surface area contributed by atoms with Crippen LogP contribution in [-0.4, -0.2) is 26.1 Å². The number of aromatic nitrogens is 5. The van der Waals surface area contributed by atoms with E-state index in [1.807, 2.05) is 0 Å². The van der Waals surface area contributed by atoms with Crippen molar-refractivity contribution in [2.75, 3.05) is 6.61 Å². The minimum atomic E-state index is 0. The summed E-state index contributed by atoms with van der Waals surface area (Å²) >= 11 is 11.5. The molecule has 0 fully saturated rings. The molecule has 2 aromatic heterocycles. The topological polar surface area (TPSA) is 56.7 Å². The number of unbranched alkanes of at least 4 members (excludes halogenated alkanes) is 15. The van der Waals surface area contributed by atoms with Gasteiger partial charge in [-0.1, -0.05) is 96.8 Å². The largest absolute Gasteiger partial charge is 0.459 e. The summed E-state index contributed by atoms with van der Waals surface area (Å²) in [6.45, 7) is 4.48. The highest BCUT2D eigenvalue weighted by atomic mass is 79.9. The zero-order valence-electron chi connectivity index (χ0n) is 21.5. The van der Waals surface area contributed by atoms with Crippen molar-refractivity contribution >= 4 is 40.2 Å². The summed E-state index contributed by atoms with van der Waals surface area (Å²) in [5, 5.41) is 0.0696. The second-order valence-electron chi connectivity index (χ2n) is 9.20. The highest BCUT2D eigenvalue weighted by Gasteiger charge is 2.07. The van der Waals surface area contributed by atoms with Gasteiger partial charge in [0.2, 0.25) is 16.9 Å². The van der Waals surface area contributed by atoms with Gasteiger partial charge in [0, 0.05) is 0 Å². The van der Waals surface area contributed by atoms with E-state index in [1.165, 1.54) is 103 Å². The van der Waals surface area contributed by atoms with E-state index in [9.17, 15) is 0 Å². The molecule has 0 unspecified atom stereocenters. The van der Waals surface area contributed by atoms with Gasteiger partial charge in [0.15, 0.2) is 0 Å². The number of hydrogen-bond donors (Lipinski definition) is 0. The Morgan fingerprint density at radius 2 is 1.23 bits per heavy atom. The van der Waals surface area contributed by atoms with Crippen molar-refractivity contribution in [1.82, 2.24) is 19.5 Å². The van der Waals surface area contributed by atoms with E-state index in [0.717, 1.165) is 6.54 Å². The zero-order valence-corrected chi connectivity index (χ0v) is 24.7. The predicted molar refractivity (Wildman–Crippen MR) is 150 cm³/mol. The minimum absolute atomic E-state index is 0. The van der Waals surface area contributed by atoms with Gasteiger partial charge in [0.25, 0.3) is 0 Å². The fourth-order valence-electron chi connectivity index (χ4n) is 4.16. The molecule has 0 saturated carbocycles. The Kier molecular flexibility index (Phi) is 19.4. The first-order chi connectivity index (χ1) is 16.7. The summed E-state index contributed by atoms with van der Waals surface area (Å²) in [4.78, 5) is 11.5. The van der Waals surface area contributed by atoms with E-state index in [0.29, 0.717) is 13.2 Å². The molecule has 2 rings (SSSR count). The Labute approximate surface area is 233 Å². The lowest BCUT2D eigenvalue weighted by Crippen LogP contribution is -2.31. The molecule has 6 nitrogen and oxygen atoms in total. The highest BCUT2D eigenvalue weighted by Crippen LogP contribution is 2.14. The molecule has 0 atom stereocenters. The van der Waals surface area contributed by atoms with E-state index in [2.05, 4.69) is 49.7 Å². The third-order valence-corrected chi connectivity index (χ3v) is 6.50. The Hall–Kier alpha value is -0.920. The number of imidazole rings is 1. The van der Waals surface area contributed by atoms with Gasteiger partial charge in [-0.15, -0.1) is 17.0 Å². The van der Waals surface area contributed by atoms with Crippen molar-refractivity contribution in [2.24, 2.45) is 0 Å². The molecule has 0 radical (unpaired) electrons. The Morgan fingerprint density at radius 1 is 0.743 bits per heavy atom. The first kappa shape index (κ1) is 32.1. The van der Waals surface area contributed by atoms with Crippen LogP contribution in [0.25, 0.3) is 0 Å². The SMILES string of the molecule is Br.CCCCCCCCCCCCCCCCCC[n+]1ccn(CCOc2nc(Cl)nc(Cl)n2)c1. The molecule has 0 bridgehead atoms. The highest BCUT2D eigenvalue weighted by molar-refractivity contribution is 8.93. The van der Waals surface area contributed by atoms with Crippen LogP contribution in [0.3, 0.4) is 0 Å². The van der Waals surface area contributed by atoms with E-state index in [1.54, 1.807) is 0 Å². The van der Waals surface area contributed by atoms with Crippen LogP contribution in [0.5, 0.6) is 6.01 Å². The van der Waals surface area contributed by atoms with Crippen molar-refractivity contribution in [3.05, 3.63) is 29.3 Å². The van der Waals surface area contributed by atoms with E-state index < -0.39 is 0 Å². The van der Waals surface area contributed by atoms with Gasteiger partial charge in [-0.25, -0.2) is 9.13 Å². The van der Waals surface area contributed by atoms with Crippen LogP contribution in [-0.2, 0) is 13.1 Å². The van der Waals surface area contributed by atoms with Gasteiger partial charge in [-0.05, 0) is 36.0 Å². The van der Waals surface area contributed by atoms with Crippen molar-refractivity contribution in [3.63, 3.8) is 0 Å². The molecule has 0 aromatic carbocycles. The van der Waals surface area contributed by atoms with Crippen LogP contribution in [0.2, 0.25) is 10.6 Å². The fraction of sp³-hybridized carbons (Fsp3) is 0.769. The monoisotopic (exact) mass is 592 g/mol. The lowest BCUT2D eigenvalue weighted by molar-refractivity contribution is -0.696. The molecule has 0 amide bonds. The second kappa shape index (κ2) is 21.2. The number of rotatable bonds is 21. The lowest BCUT2D eigenvalue weighted by atomic mass is 10.0. The van der Waals surface area contributed by atoms with Crippen LogP contribution < -0.4 is 9.30 Å². The molecule has 9 heteroatoms. The van der Waals surface area contributed by atoms with Crippen LogP contribution >= 0.6 is 40.2 Å². The Morgan fingerprint density at radius 3 is 1.74 bits per heavy atom. The third-order valence-electron chi connectivity index (χ3n) is 6.16. The molecule has 2 aromatic rings. The second-order valence-corrected chi connectivity index (χ2v) is 9.87. The lowest BCUT2D eigenvalue weighted by Gasteiger charge is -2.03. The molecule has 0 aliphatic heterocycles. The predicted octanol–water partition coefficient (Wildman–Crippen LogP) is 8.19. The number of halogens is 3. The van der Waals surface area contributed by atoms with Crippen LogP contribution in [0.15, 0.2) is 18.7 Å². The van der Waals surface area contributed by atoms with Crippen molar-refractivity contribution in [2.45, 2.75) is 123 Å². The zero-order chi connectivity index (χ0) is 24.3. The van der Waals surface area contributed by atoms with Gasteiger partial charge in [0.05, 0.1) is 6.54 Å². The number of nitrogens with zero attached hydrogens (tertiary/aromatic N) is 5. The molecule has 200 valence electrons. The smallest absolute Gasteiger partial charge is 0.322 e. The summed E-state index contributed by atoms with van der Waals surface area (Å²) in [6, 6.07) is 0.151. The van der Waals surface area contributed by atoms with Crippen LogP contribution in [0.4, 0.5) is 0 Å². The Balaban J connectivity index is 0.00000612. The summed E-state index contributed by atoms with van der Waals surface area (Å²) in [6.07, 6.45) is 28.7. The van der Waals surface area contributed by atoms with Gasteiger partial charge in [-0.2, -0.15) is 15.0 Å². The van der Waals surface area contributed by atoms with Gasteiger partial charge < -0.3 is 4.74 Å². The van der Waals surface area contributed by atoms with Crippen molar-refractivity contribution < 1.29 is 9.30 Å². The molecule has 0 aliphatic rings. The maximum Gasteiger partial charge on any atom is 0.322 e. The van der Waals surface area contributed by atoms with E-state index in [4.69, 9.17) is 27.9 Å².